The number of halogens is 2. The molecule has 2 amide bonds. The number of rotatable bonds is 10. The summed E-state index contributed by atoms with van der Waals surface area (Å²) in [7, 11) is -3.30. The first kappa shape index (κ1) is 28.2. The van der Waals surface area contributed by atoms with Gasteiger partial charge in [-0.15, -0.1) is 0 Å². The molecular weight excluding hydrogens is 544 g/mol. The summed E-state index contributed by atoms with van der Waals surface area (Å²) in [5, 5.41) is 5.35. The van der Waals surface area contributed by atoms with Crippen LogP contribution in [-0.2, 0) is 10.0 Å². The van der Waals surface area contributed by atoms with E-state index in [-0.39, 0.29) is 36.0 Å². The second kappa shape index (κ2) is 12.4. The number of amides is 2. The Kier molecular flexibility index (Phi) is 8.73. The number of sulfonamides is 1. The van der Waals surface area contributed by atoms with E-state index in [4.69, 9.17) is 16.0 Å². The van der Waals surface area contributed by atoms with Crippen molar-refractivity contribution in [2.75, 3.05) is 30.0 Å². The fourth-order valence-electron chi connectivity index (χ4n) is 3.55. The van der Waals surface area contributed by atoms with Crippen LogP contribution in [0.15, 0.2) is 66.9 Å². The number of hydrogen-bond acceptors (Lipinski definition) is 6. The summed E-state index contributed by atoms with van der Waals surface area (Å²) in [5.41, 5.74) is 0.889. The quantitative estimate of drug-likeness (QED) is 0.164. The highest BCUT2D eigenvalue weighted by Gasteiger charge is 2.14. The van der Waals surface area contributed by atoms with E-state index in [2.05, 4.69) is 25.2 Å². The maximum atomic E-state index is 14.8. The van der Waals surface area contributed by atoms with Gasteiger partial charge in [0.15, 0.2) is 0 Å². The number of urea groups is 1. The van der Waals surface area contributed by atoms with Crippen LogP contribution in [0.5, 0.6) is 17.2 Å². The summed E-state index contributed by atoms with van der Waals surface area (Å²) in [6.07, 6.45) is 2.94. The highest BCUT2D eigenvalue weighted by Crippen LogP contribution is 2.37. The molecule has 0 aliphatic rings. The highest BCUT2D eigenvalue weighted by molar-refractivity contribution is 7.88. The zero-order valence-electron chi connectivity index (χ0n) is 21.1. The van der Waals surface area contributed by atoms with Crippen LogP contribution in [0.2, 0.25) is 0 Å². The number of nitrogens with one attached hydrogen (secondary N) is 3. The Hall–Kier alpha value is -4.80. The van der Waals surface area contributed by atoms with Gasteiger partial charge in [0.05, 0.1) is 30.6 Å². The molecule has 0 radical (unpaired) electrons. The maximum Gasteiger partial charge on any atom is 0.323 e. The molecule has 0 fully saturated rings. The topological polar surface area (TPSA) is 123 Å². The predicted octanol–water partition coefficient (Wildman–Crippen LogP) is 5.82. The van der Waals surface area contributed by atoms with Gasteiger partial charge < -0.3 is 20.1 Å². The van der Waals surface area contributed by atoms with Crippen LogP contribution in [0.4, 0.5) is 30.6 Å². The Balaban J connectivity index is 1.45. The Morgan fingerprint density at radius 3 is 2.50 bits per heavy atom. The SMILES string of the molecule is [C-]#[N+]c1cc2c(Oc3ccc(NC(=O)Nc4ccc(F)cc4)c(F)c3)ccnc2cc1OCCCNS(C)(=O)=O. The van der Waals surface area contributed by atoms with Crippen LogP contribution < -0.4 is 24.8 Å². The van der Waals surface area contributed by atoms with Crippen molar-refractivity contribution in [3.05, 3.63) is 89.9 Å². The third-order valence-corrected chi connectivity index (χ3v) is 6.09. The van der Waals surface area contributed by atoms with Gasteiger partial charge in [-0.3, -0.25) is 4.98 Å². The Bertz CT molecular complexity index is 1690. The summed E-state index contributed by atoms with van der Waals surface area (Å²) in [6.45, 7) is 7.89. The molecule has 0 unspecified atom stereocenters. The fraction of sp³-hybridized carbons (Fsp3) is 0.148. The lowest BCUT2D eigenvalue weighted by Crippen LogP contribution is -2.24. The summed E-state index contributed by atoms with van der Waals surface area (Å²) in [5.74, 6) is -0.476. The van der Waals surface area contributed by atoms with Crippen molar-refractivity contribution in [2.24, 2.45) is 0 Å². The van der Waals surface area contributed by atoms with E-state index in [0.717, 1.165) is 12.3 Å². The smallest absolute Gasteiger partial charge is 0.323 e. The van der Waals surface area contributed by atoms with E-state index in [9.17, 15) is 22.0 Å². The minimum atomic E-state index is -3.30. The highest BCUT2D eigenvalue weighted by atomic mass is 32.2. The van der Waals surface area contributed by atoms with Crippen LogP contribution in [0.1, 0.15) is 6.42 Å². The van der Waals surface area contributed by atoms with E-state index in [1.807, 2.05) is 0 Å². The number of anilines is 2. The van der Waals surface area contributed by atoms with Crippen LogP contribution in [-0.4, -0.2) is 38.8 Å². The number of carbonyl (C=O) groups excluding carboxylic acids is 1. The molecule has 0 spiro atoms. The second-order valence-electron chi connectivity index (χ2n) is 8.46. The van der Waals surface area contributed by atoms with Crippen LogP contribution in [0, 0.1) is 18.2 Å². The predicted molar refractivity (Wildman–Crippen MR) is 146 cm³/mol. The van der Waals surface area contributed by atoms with Crippen molar-refractivity contribution < 1.29 is 31.5 Å². The molecule has 3 N–H and O–H groups in total. The number of ether oxygens (including phenoxy) is 2. The lowest BCUT2D eigenvalue weighted by atomic mass is 10.1. The first-order valence-electron chi connectivity index (χ1n) is 11.8. The maximum absolute atomic E-state index is 14.8. The van der Waals surface area contributed by atoms with Crippen molar-refractivity contribution in [3.8, 4) is 17.2 Å². The minimum absolute atomic E-state index is 0.102. The molecule has 10 nitrogen and oxygen atoms in total. The van der Waals surface area contributed by atoms with Gasteiger partial charge in [0.25, 0.3) is 0 Å². The Labute approximate surface area is 228 Å². The van der Waals surface area contributed by atoms with E-state index < -0.39 is 27.7 Å². The van der Waals surface area contributed by atoms with E-state index in [1.54, 1.807) is 18.2 Å². The van der Waals surface area contributed by atoms with Crippen molar-refractivity contribution in [1.29, 1.82) is 0 Å². The molecule has 4 rings (SSSR count). The molecule has 13 heteroatoms. The molecule has 0 aliphatic carbocycles. The molecule has 0 aliphatic heterocycles. The van der Waals surface area contributed by atoms with Gasteiger partial charge in [0, 0.05) is 29.9 Å². The average Bonchev–Trinajstić information content (AvgIpc) is 2.90. The van der Waals surface area contributed by atoms with Gasteiger partial charge in [-0.25, -0.2) is 31.6 Å². The van der Waals surface area contributed by atoms with Crippen LogP contribution in [0.3, 0.4) is 0 Å². The summed E-state index contributed by atoms with van der Waals surface area (Å²) in [4.78, 5) is 20.0. The van der Waals surface area contributed by atoms with Crippen molar-refractivity contribution >= 4 is 44.0 Å². The van der Waals surface area contributed by atoms with Crippen LogP contribution >= 0.6 is 0 Å². The molecule has 1 aromatic heterocycles. The third-order valence-electron chi connectivity index (χ3n) is 5.36. The molecule has 0 saturated carbocycles. The zero-order chi connectivity index (χ0) is 28.7. The monoisotopic (exact) mass is 567 g/mol. The molecule has 0 atom stereocenters. The minimum Gasteiger partial charge on any atom is -0.504 e. The molecule has 206 valence electrons. The molecule has 0 saturated heterocycles. The number of carbonyl (C=O) groups is 1. The van der Waals surface area contributed by atoms with E-state index in [0.29, 0.717) is 28.8 Å². The van der Waals surface area contributed by atoms with Gasteiger partial charge >= 0.3 is 6.03 Å². The average molecular weight is 568 g/mol. The van der Waals surface area contributed by atoms with Gasteiger partial charge in [-0.05, 0) is 61.0 Å². The third kappa shape index (κ3) is 7.62. The largest absolute Gasteiger partial charge is 0.504 e. The summed E-state index contributed by atoms with van der Waals surface area (Å²) < 4.78 is 64.0. The van der Waals surface area contributed by atoms with E-state index in [1.165, 1.54) is 42.6 Å². The van der Waals surface area contributed by atoms with Crippen LogP contribution in [0.25, 0.3) is 15.7 Å². The number of benzene rings is 3. The standard InChI is InChI=1S/C27H23F2N5O5S/c1-30-24-15-20-23(16-26(24)38-13-3-11-32-40(2,36)37)31-12-10-25(20)39-19-8-9-22(21(29)14-19)34-27(35)33-18-6-4-17(28)5-7-18/h4-10,12,14-16,32H,3,11,13H2,2H3,(H2,33,34,35). The number of fused-ring (bicyclic) bond motifs is 1. The van der Waals surface area contributed by atoms with Gasteiger partial charge in [0.1, 0.15) is 28.9 Å². The normalized spacial score (nSPS) is 11.1. The van der Waals surface area contributed by atoms with Crippen molar-refractivity contribution in [1.82, 2.24) is 9.71 Å². The molecule has 0 bridgehead atoms. The number of pyridine rings is 1. The van der Waals surface area contributed by atoms with E-state index >= 15 is 0 Å². The number of nitrogens with zero attached hydrogens (tertiary/aromatic N) is 2. The second-order valence-corrected chi connectivity index (χ2v) is 10.3. The zero-order valence-corrected chi connectivity index (χ0v) is 21.9. The van der Waals surface area contributed by atoms with Crippen molar-refractivity contribution in [3.63, 3.8) is 0 Å². The Morgan fingerprint density at radius 2 is 1.80 bits per heavy atom. The lowest BCUT2D eigenvalue weighted by molar-refractivity contribution is 0.262. The Morgan fingerprint density at radius 1 is 1.02 bits per heavy atom. The number of hydrogen-bond donors (Lipinski definition) is 3. The molecule has 3 aromatic carbocycles. The molecule has 40 heavy (non-hydrogen) atoms. The molecule has 1 heterocycles. The summed E-state index contributed by atoms with van der Waals surface area (Å²) >= 11 is 0. The molecular formula is C27H23F2N5O5S. The fourth-order valence-corrected chi connectivity index (χ4v) is 4.06. The number of aromatic nitrogens is 1. The first-order chi connectivity index (χ1) is 19.1. The van der Waals surface area contributed by atoms with Gasteiger partial charge in [-0.1, -0.05) is 0 Å². The molecule has 4 aromatic rings. The van der Waals surface area contributed by atoms with Gasteiger partial charge in [0.2, 0.25) is 15.7 Å². The first-order valence-corrected chi connectivity index (χ1v) is 13.7. The van der Waals surface area contributed by atoms with Gasteiger partial charge in [-0.2, -0.15) is 0 Å². The summed E-state index contributed by atoms with van der Waals surface area (Å²) in [6, 6.07) is 13.0. The lowest BCUT2D eigenvalue weighted by Gasteiger charge is -2.13. The van der Waals surface area contributed by atoms with Crippen molar-refractivity contribution in [2.45, 2.75) is 6.42 Å².